The molecule has 3 heteroatoms. The molecule has 112 valence electrons. The van der Waals surface area contributed by atoms with Crippen LogP contribution in [0.25, 0.3) is 22.5 Å². The van der Waals surface area contributed by atoms with Gasteiger partial charge in [0, 0.05) is 11.3 Å². The van der Waals surface area contributed by atoms with Crippen LogP contribution in [-0.2, 0) is 5.41 Å². The summed E-state index contributed by atoms with van der Waals surface area (Å²) in [7, 11) is 0. The third-order valence-electron chi connectivity index (χ3n) is 3.85. The van der Waals surface area contributed by atoms with E-state index < -0.39 is 0 Å². The zero-order valence-corrected chi connectivity index (χ0v) is 13.2. The van der Waals surface area contributed by atoms with Gasteiger partial charge in [0.05, 0.1) is 11.4 Å². The van der Waals surface area contributed by atoms with Gasteiger partial charge in [0.15, 0.2) is 0 Å². The Kier molecular flexibility index (Phi) is 3.49. The van der Waals surface area contributed by atoms with Gasteiger partial charge in [-0.05, 0) is 34.7 Å². The summed E-state index contributed by atoms with van der Waals surface area (Å²) in [4.78, 5) is 0. The molecule has 0 fully saturated rings. The van der Waals surface area contributed by atoms with Crippen LogP contribution in [0.4, 0.5) is 5.69 Å². The summed E-state index contributed by atoms with van der Waals surface area (Å²) < 4.78 is 0. The second-order valence-electron chi connectivity index (χ2n) is 6.62. The summed E-state index contributed by atoms with van der Waals surface area (Å²) in [6.07, 6.45) is 0. The van der Waals surface area contributed by atoms with Gasteiger partial charge in [-0.3, -0.25) is 5.10 Å². The van der Waals surface area contributed by atoms with Crippen LogP contribution in [0, 0.1) is 0 Å². The Balaban J connectivity index is 1.89. The maximum atomic E-state index is 5.72. The molecule has 0 bridgehead atoms. The topological polar surface area (TPSA) is 54.7 Å². The Labute approximate surface area is 131 Å². The second-order valence-corrected chi connectivity index (χ2v) is 6.62. The maximum absolute atomic E-state index is 5.72. The molecule has 3 nitrogen and oxygen atoms in total. The first-order valence-electron chi connectivity index (χ1n) is 7.46. The molecule has 0 saturated carbocycles. The molecule has 0 radical (unpaired) electrons. The number of rotatable bonds is 2. The lowest BCUT2D eigenvalue weighted by atomic mass is 9.86. The van der Waals surface area contributed by atoms with Crippen molar-refractivity contribution in [2.75, 3.05) is 5.73 Å². The van der Waals surface area contributed by atoms with Crippen molar-refractivity contribution in [3.05, 3.63) is 60.2 Å². The van der Waals surface area contributed by atoms with E-state index in [1.807, 2.05) is 24.3 Å². The summed E-state index contributed by atoms with van der Waals surface area (Å²) >= 11 is 0. The Bertz CT molecular complexity index is 760. The van der Waals surface area contributed by atoms with Crippen molar-refractivity contribution in [3.63, 3.8) is 0 Å². The predicted octanol–water partition coefficient (Wildman–Crippen LogP) is 4.62. The number of nitrogens with two attached hydrogens (primary N) is 1. The molecule has 2 aromatic carbocycles. The maximum Gasteiger partial charge on any atom is 0.0927 e. The number of aromatic nitrogens is 2. The van der Waals surface area contributed by atoms with Crippen LogP contribution in [0.15, 0.2) is 54.6 Å². The van der Waals surface area contributed by atoms with Gasteiger partial charge in [0.1, 0.15) is 0 Å². The molecule has 0 aliphatic rings. The fourth-order valence-corrected chi connectivity index (χ4v) is 2.42. The SMILES string of the molecule is CC(C)(C)c1ccc(-c2cc(-c3ccc(N)cc3)n[nH]2)cc1. The van der Waals surface area contributed by atoms with E-state index in [1.165, 1.54) is 5.56 Å². The number of anilines is 1. The molecular formula is C19H21N3. The Morgan fingerprint density at radius 2 is 1.45 bits per heavy atom. The van der Waals surface area contributed by atoms with Gasteiger partial charge in [0.2, 0.25) is 0 Å². The highest BCUT2D eigenvalue weighted by Gasteiger charge is 2.13. The van der Waals surface area contributed by atoms with E-state index in [1.54, 1.807) is 0 Å². The smallest absolute Gasteiger partial charge is 0.0927 e. The zero-order valence-electron chi connectivity index (χ0n) is 13.2. The normalized spacial score (nSPS) is 11.6. The van der Waals surface area contributed by atoms with Gasteiger partial charge in [-0.25, -0.2) is 0 Å². The number of hydrogen-bond acceptors (Lipinski definition) is 2. The Hall–Kier alpha value is -2.55. The fraction of sp³-hybridized carbons (Fsp3) is 0.211. The molecule has 0 unspecified atom stereocenters. The van der Waals surface area contributed by atoms with Gasteiger partial charge in [-0.2, -0.15) is 5.10 Å². The molecule has 22 heavy (non-hydrogen) atoms. The van der Waals surface area contributed by atoms with E-state index in [4.69, 9.17) is 5.73 Å². The monoisotopic (exact) mass is 291 g/mol. The molecule has 3 rings (SSSR count). The molecule has 1 aromatic heterocycles. The number of hydrogen-bond donors (Lipinski definition) is 2. The van der Waals surface area contributed by atoms with Gasteiger partial charge in [-0.15, -0.1) is 0 Å². The largest absolute Gasteiger partial charge is 0.399 e. The standard InChI is InChI=1S/C19H21N3/c1-19(2,3)15-8-4-13(5-9-15)17-12-18(22-21-17)14-6-10-16(20)11-7-14/h4-12H,20H2,1-3H3,(H,21,22). The highest BCUT2D eigenvalue weighted by atomic mass is 15.1. The third-order valence-corrected chi connectivity index (χ3v) is 3.85. The molecule has 3 aromatic rings. The number of benzene rings is 2. The van der Waals surface area contributed by atoms with E-state index in [0.29, 0.717) is 0 Å². The number of nitrogens with zero attached hydrogens (tertiary/aromatic N) is 1. The molecule has 0 amide bonds. The molecule has 0 aliphatic carbocycles. The predicted molar refractivity (Wildman–Crippen MR) is 92.6 cm³/mol. The number of nitrogen functional groups attached to an aromatic ring is 1. The minimum Gasteiger partial charge on any atom is -0.399 e. The third kappa shape index (κ3) is 2.89. The van der Waals surface area contributed by atoms with Crippen molar-refractivity contribution in [1.82, 2.24) is 10.2 Å². The van der Waals surface area contributed by atoms with Crippen LogP contribution < -0.4 is 5.73 Å². The summed E-state index contributed by atoms with van der Waals surface area (Å²) in [6.45, 7) is 6.66. The van der Waals surface area contributed by atoms with Crippen molar-refractivity contribution in [3.8, 4) is 22.5 Å². The van der Waals surface area contributed by atoms with Crippen LogP contribution in [0.2, 0.25) is 0 Å². The molecule has 3 N–H and O–H groups in total. The van der Waals surface area contributed by atoms with Crippen LogP contribution >= 0.6 is 0 Å². The van der Waals surface area contributed by atoms with Crippen molar-refractivity contribution in [2.24, 2.45) is 0 Å². The van der Waals surface area contributed by atoms with E-state index in [9.17, 15) is 0 Å². The molecule has 1 heterocycles. The van der Waals surface area contributed by atoms with Crippen molar-refractivity contribution in [2.45, 2.75) is 26.2 Å². The quantitative estimate of drug-likeness (QED) is 0.677. The average molecular weight is 291 g/mol. The highest BCUT2D eigenvalue weighted by Crippen LogP contribution is 2.27. The summed E-state index contributed by atoms with van der Waals surface area (Å²) in [5.41, 5.74) is 12.1. The van der Waals surface area contributed by atoms with Crippen LogP contribution in [-0.4, -0.2) is 10.2 Å². The highest BCUT2D eigenvalue weighted by molar-refractivity contribution is 5.69. The minimum atomic E-state index is 0.168. The van der Waals surface area contributed by atoms with Crippen molar-refractivity contribution >= 4 is 5.69 Å². The molecule has 0 saturated heterocycles. The Morgan fingerprint density at radius 1 is 0.864 bits per heavy atom. The van der Waals surface area contributed by atoms with Gasteiger partial charge >= 0.3 is 0 Å². The van der Waals surface area contributed by atoms with E-state index in [0.717, 1.165) is 28.2 Å². The second kappa shape index (κ2) is 5.34. The molecular weight excluding hydrogens is 270 g/mol. The van der Waals surface area contributed by atoms with Crippen molar-refractivity contribution in [1.29, 1.82) is 0 Å². The first-order chi connectivity index (χ1) is 10.4. The molecule has 0 aliphatic heterocycles. The first kappa shape index (κ1) is 14.4. The van der Waals surface area contributed by atoms with Crippen molar-refractivity contribution < 1.29 is 0 Å². The van der Waals surface area contributed by atoms with Gasteiger partial charge < -0.3 is 5.73 Å². The number of aromatic amines is 1. The van der Waals surface area contributed by atoms with Crippen LogP contribution in [0.5, 0.6) is 0 Å². The zero-order chi connectivity index (χ0) is 15.7. The summed E-state index contributed by atoms with van der Waals surface area (Å²) in [6, 6.07) is 18.5. The van der Waals surface area contributed by atoms with Crippen LogP contribution in [0.3, 0.4) is 0 Å². The lowest BCUT2D eigenvalue weighted by molar-refractivity contribution is 0.590. The lowest BCUT2D eigenvalue weighted by Gasteiger charge is -2.18. The fourth-order valence-electron chi connectivity index (χ4n) is 2.42. The van der Waals surface area contributed by atoms with Gasteiger partial charge in [0.25, 0.3) is 0 Å². The minimum absolute atomic E-state index is 0.168. The average Bonchev–Trinajstić information content (AvgIpc) is 2.97. The van der Waals surface area contributed by atoms with Gasteiger partial charge in [-0.1, -0.05) is 57.2 Å². The Morgan fingerprint density at radius 3 is 2.05 bits per heavy atom. The number of H-pyrrole nitrogens is 1. The van der Waals surface area contributed by atoms with Crippen LogP contribution in [0.1, 0.15) is 26.3 Å². The summed E-state index contributed by atoms with van der Waals surface area (Å²) in [5.74, 6) is 0. The van der Waals surface area contributed by atoms with E-state index in [2.05, 4.69) is 61.3 Å². The summed E-state index contributed by atoms with van der Waals surface area (Å²) in [5, 5.41) is 7.51. The van der Waals surface area contributed by atoms with E-state index in [-0.39, 0.29) is 5.41 Å². The lowest BCUT2D eigenvalue weighted by Crippen LogP contribution is -2.10. The van der Waals surface area contributed by atoms with E-state index >= 15 is 0 Å². The first-order valence-corrected chi connectivity index (χ1v) is 7.46. The molecule has 0 atom stereocenters. The number of nitrogens with one attached hydrogen (secondary N) is 1. The molecule has 0 spiro atoms.